The fraction of sp³-hybridized carbons (Fsp3) is 0.600. The number of halogens is 2. The maximum Gasteiger partial charge on any atom is 0.0451 e. The zero-order valence-electron chi connectivity index (χ0n) is 11.3. The Hall–Kier alpha value is -0.240. The summed E-state index contributed by atoms with van der Waals surface area (Å²) in [7, 11) is 0. The fourth-order valence-electron chi connectivity index (χ4n) is 1.94. The highest BCUT2D eigenvalue weighted by Crippen LogP contribution is 2.20. The molecule has 1 aromatic carbocycles. The second-order valence-corrected chi connectivity index (χ2v) is 5.71. The van der Waals surface area contributed by atoms with E-state index in [0.717, 1.165) is 22.2 Å². The maximum absolute atomic E-state index is 6.13. The second-order valence-electron chi connectivity index (χ2n) is 4.87. The molecule has 1 rings (SSSR count). The van der Waals surface area contributed by atoms with Crippen molar-refractivity contribution >= 4 is 23.2 Å². The van der Waals surface area contributed by atoms with Crippen molar-refractivity contribution in [2.45, 2.75) is 58.5 Å². The molecule has 3 heteroatoms. The van der Waals surface area contributed by atoms with Gasteiger partial charge in [-0.15, -0.1) is 0 Å². The third-order valence-corrected chi connectivity index (χ3v) is 3.74. The molecule has 0 bridgehead atoms. The molecule has 0 aliphatic rings. The predicted molar refractivity (Wildman–Crippen MR) is 81.5 cm³/mol. The van der Waals surface area contributed by atoms with Crippen LogP contribution in [0.3, 0.4) is 0 Å². The number of benzene rings is 1. The monoisotopic (exact) mass is 287 g/mol. The van der Waals surface area contributed by atoms with Crippen molar-refractivity contribution in [2.75, 3.05) is 0 Å². The average molecular weight is 288 g/mol. The summed E-state index contributed by atoms with van der Waals surface area (Å²) >= 11 is 12.1. The molecule has 1 atom stereocenters. The van der Waals surface area contributed by atoms with Crippen molar-refractivity contribution in [1.29, 1.82) is 0 Å². The standard InChI is InChI=1S/C15H23Cl2N/c1-3-4-5-6-7-12(2)18-11-13-10-14(16)8-9-15(13)17/h8-10,12,18H,3-7,11H2,1-2H3. The average Bonchev–Trinajstić information content (AvgIpc) is 2.36. The first kappa shape index (κ1) is 15.8. The minimum absolute atomic E-state index is 0.525. The van der Waals surface area contributed by atoms with Crippen molar-refractivity contribution in [3.05, 3.63) is 33.8 Å². The van der Waals surface area contributed by atoms with Gasteiger partial charge in [-0.3, -0.25) is 0 Å². The SMILES string of the molecule is CCCCCCC(C)NCc1cc(Cl)ccc1Cl. The van der Waals surface area contributed by atoms with Gasteiger partial charge in [0.15, 0.2) is 0 Å². The highest BCUT2D eigenvalue weighted by atomic mass is 35.5. The molecule has 102 valence electrons. The highest BCUT2D eigenvalue weighted by Gasteiger charge is 2.04. The maximum atomic E-state index is 6.13. The molecule has 0 spiro atoms. The summed E-state index contributed by atoms with van der Waals surface area (Å²) in [5.74, 6) is 0. The number of rotatable bonds is 8. The fourth-order valence-corrected chi connectivity index (χ4v) is 2.32. The van der Waals surface area contributed by atoms with Crippen LogP contribution in [0.5, 0.6) is 0 Å². The molecule has 1 unspecified atom stereocenters. The van der Waals surface area contributed by atoms with Gasteiger partial charge >= 0.3 is 0 Å². The van der Waals surface area contributed by atoms with Crippen LogP contribution in [0.4, 0.5) is 0 Å². The van der Waals surface area contributed by atoms with Crippen LogP contribution in [0.15, 0.2) is 18.2 Å². The Labute approximate surface area is 121 Å². The first-order valence-corrected chi connectivity index (χ1v) is 7.56. The van der Waals surface area contributed by atoms with E-state index in [-0.39, 0.29) is 0 Å². The van der Waals surface area contributed by atoms with Crippen LogP contribution >= 0.6 is 23.2 Å². The van der Waals surface area contributed by atoms with E-state index >= 15 is 0 Å². The van der Waals surface area contributed by atoms with E-state index in [4.69, 9.17) is 23.2 Å². The minimum Gasteiger partial charge on any atom is -0.310 e. The van der Waals surface area contributed by atoms with Crippen molar-refractivity contribution in [2.24, 2.45) is 0 Å². The molecular weight excluding hydrogens is 265 g/mol. The number of hydrogen-bond donors (Lipinski definition) is 1. The molecule has 0 fully saturated rings. The van der Waals surface area contributed by atoms with Gasteiger partial charge in [0.05, 0.1) is 0 Å². The molecule has 0 aliphatic carbocycles. The highest BCUT2D eigenvalue weighted by molar-refractivity contribution is 6.33. The van der Waals surface area contributed by atoms with Crippen molar-refractivity contribution in [3.63, 3.8) is 0 Å². The van der Waals surface area contributed by atoms with Gasteiger partial charge < -0.3 is 5.32 Å². The lowest BCUT2D eigenvalue weighted by Gasteiger charge is -2.14. The number of unbranched alkanes of at least 4 members (excludes halogenated alkanes) is 3. The van der Waals surface area contributed by atoms with Gasteiger partial charge in [-0.25, -0.2) is 0 Å². The zero-order chi connectivity index (χ0) is 13.4. The van der Waals surface area contributed by atoms with Crippen LogP contribution in [0.1, 0.15) is 51.5 Å². The molecule has 1 aromatic rings. The van der Waals surface area contributed by atoms with E-state index in [2.05, 4.69) is 19.2 Å². The topological polar surface area (TPSA) is 12.0 Å². The molecule has 0 aliphatic heterocycles. The normalized spacial score (nSPS) is 12.7. The van der Waals surface area contributed by atoms with Crippen LogP contribution in [0.25, 0.3) is 0 Å². The Morgan fingerprint density at radius 1 is 1.17 bits per heavy atom. The van der Waals surface area contributed by atoms with Gasteiger partial charge in [0.2, 0.25) is 0 Å². The van der Waals surface area contributed by atoms with Gasteiger partial charge in [0.25, 0.3) is 0 Å². The summed E-state index contributed by atoms with van der Waals surface area (Å²) in [5.41, 5.74) is 1.07. The van der Waals surface area contributed by atoms with Crippen LogP contribution in [-0.4, -0.2) is 6.04 Å². The van der Waals surface area contributed by atoms with Crippen LogP contribution in [0.2, 0.25) is 10.0 Å². The second kappa shape index (κ2) is 8.79. The molecule has 1 nitrogen and oxygen atoms in total. The Kier molecular flexibility index (Phi) is 7.73. The summed E-state index contributed by atoms with van der Waals surface area (Å²) in [4.78, 5) is 0. The Balaban J connectivity index is 2.29. The summed E-state index contributed by atoms with van der Waals surface area (Å²) in [5, 5.41) is 5.03. The predicted octanol–water partition coefficient (Wildman–Crippen LogP) is 5.44. The van der Waals surface area contributed by atoms with Crippen LogP contribution in [-0.2, 0) is 6.54 Å². The molecular formula is C15H23Cl2N. The first-order chi connectivity index (χ1) is 8.63. The van der Waals surface area contributed by atoms with Crippen LogP contribution in [0, 0.1) is 0 Å². The van der Waals surface area contributed by atoms with E-state index in [9.17, 15) is 0 Å². The largest absolute Gasteiger partial charge is 0.310 e. The van der Waals surface area contributed by atoms with Crippen molar-refractivity contribution < 1.29 is 0 Å². The Bertz CT molecular complexity index is 352. The summed E-state index contributed by atoms with van der Waals surface area (Å²) in [6, 6.07) is 6.13. The van der Waals surface area contributed by atoms with E-state index < -0.39 is 0 Å². The van der Waals surface area contributed by atoms with E-state index in [0.29, 0.717) is 6.04 Å². The zero-order valence-corrected chi connectivity index (χ0v) is 12.8. The Morgan fingerprint density at radius 2 is 1.94 bits per heavy atom. The van der Waals surface area contributed by atoms with E-state index in [1.54, 1.807) is 0 Å². The van der Waals surface area contributed by atoms with Gasteiger partial charge in [-0.2, -0.15) is 0 Å². The molecule has 18 heavy (non-hydrogen) atoms. The molecule has 0 radical (unpaired) electrons. The third-order valence-electron chi connectivity index (χ3n) is 3.14. The first-order valence-electron chi connectivity index (χ1n) is 6.80. The lowest BCUT2D eigenvalue weighted by molar-refractivity contribution is 0.483. The van der Waals surface area contributed by atoms with Crippen LogP contribution < -0.4 is 5.32 Å². The number of nitrogens with one attached hydrogen (secondary N) is 1. The van der Waals surface area contributed by atoms with E-state index in [1.165, 1.54) is 32.1 Å². The molecule has 0 aromatic heterocycles. The molecule has 0 heterocycles. The summed E-state index contributed by atoms with van der Waals surface area (Å²) in [6.07, 6.45) is 6.48. The molecule has 0 saturated heterocycles. The van der Waals surface area contributed by atoms with Gasteiger partial charge in [-0.05, 0) is 37.1 Å². The molecule has 1 N–H and O–H groups in total. The third kappa shape index (κ3) is 6.08. The van der Waals surface area contributed by atoms with Gasteiger partial charge in [0, 0.05) is 22.6 Å². The minimum atomic E-state index is 0.525. The van der Waals surface area contributed by atoms with E-state index in [1.807, 2.05) is 18.2 Å². The van der Waals surface area contributed by atoms with Gasteiger partial charge in [0.1, 0.15) is 0 Å². The Morgan fingerprint density at radius 3 is 2.67 bits per heavy atom. The lowest BCUT2D eigenvalue weighted by Crippen LogP contribution is -2.25. The quantitative estimate of drug-likeness (QED) is 0.628. The lowest BCUT2D eigenvalue weighted by atomic mass is 10.1. The summed E-state index contributed by atoms with van der Waals surface area (Å²) in [6.45, 7) is 5.25. The summed E-state index contributed by atoms with van der Waals surface area (Å²) < 4.78 is 0. The molecule has 0 amide bonds. The van der Waals surface area contributed by atoms with Crippen molar-refractivity contribution in [1.82, 2.24) is 5.32 Å². The van der Waals surface area contributed by atoms with Gasteiger partial charge in [-0.1, -0.05) is 55.8 Å². The smallest absolute Gasteiger partial charge is 0.0451 e. The molecule has 0 saturated carbocycles. The number of hydrogen-bond acceptors (Lipinski definition) is 1. The van der Waals surface area contributed by atoms with Crippen molar-refractivity contribution in [3.8, 4) is 0 Å².